The molecule has 0 saturated carbocycles. The minimum Gasteiger partial charge on any atom is -0.454 e. The highest BCUT2D eigenvalue weighted by molar-refractivity contribution is 7.93. The molecule has 8 heteroatoms. The molecule has 0 aliphatic carbocycles. The number of halogens is 1. The Morgan fingerprint density at radius 2 is 1.76 bits per heavy atom. The van der Waals surface area contributed by atoms with Crippen molar-refractivity contribution in [2.24, 2.45) is 0 Å². The van der Waals surface area contributed by atoms with Gasteiger partial charge in [0.25, 0.3) is 10.0 Å². The van der Waals surface area contributed by atoms with Crippen molar-refractivity contribution in [2.75, 3.05) is 18.0 Å². The highest BCUT2D eigenvalue weighted by atomic mass is 35.5. The van der Waals surface area contributed by atoms with Crippen LogP contribution in [0.15, 0.2) is 53.4 Å². The number of nitrogens with zero attached hydrogens (tertiary/aromatic N) is 1. The fraction of sp³-hybridized carbons (Fsp3) is 0.176. The van der Waals surface area contributed by atoms with E-state index in [9.17, 15) is 18.0 Å². The Hall–Kier alpha value is -2.38. The first-order valence-electron chi connectivity index (χ1n) is 7.23. The van der Waals surface area contributed by atoms with Crippen molar-refractivity contribution in [3.8, 4) is 0 Å². The van der Waals surface area contributed by atoms with Crippen molar-refractivity contribution in [3.05, 3.63) is 59.1 Å². The number of sulfonamides is 1. The molecule has 0 aliphatic heterocycles. The molecule has 0 aromatic heterocycles. The lowest BCUT2D eigenvalue weighted by Gasteiger charge is -2.20. The van der Waals surface area contributed by atoms with Gasteiger partial charge in [-0.1, -0.05) is 29.8 Å². The molecule has 2 aromatic carbocycles. The normalized spacial score (nSPS) is 11.0. The van der Waals surface area contributed by atoms with Crippen molar-refractivity contribution in [3.63, 3.8) is 0 Å². The minimum atomic E-state index is -3.98. The number of Topliss-reactive ketones (excluding diaryl/α,β-unsaturated/α-hetero) is 1. The molecule has 0 saturated heterocycles. The summed E-state index contributed by atoms with van der Waals surface area (Å²) in [5, 5.41) is -0.0223. The SMILES string of the molecule is CC(=O)COC(=O)c1ccc(Cl)c(S(=O)(=O)N(C)c2ccccc2)c1. The number of hydrogen-bond acceptors (Lipinski definition) is 5. The van der Waals surface area contributed by atoms with Gasteiger partial charge in [-0.05, 0) is 37.3 Å². The highest BCUT2D eigenvalue weighted by Crippen LogP contribution is 2.28. The summed E-state index contributed by atoms with van der Waals surface area (Å²) in [7, 11) is -2.59. The quantitative estimate of drug-likeness (QED) is 0.718. The second kappa shape index (κ2) is 7.67. The minimum absolute atomic E-state index is 0.00862. The predicted molar refractivity (Wildman–Crippen MR) is 94.4 cm³/mol. The summed E-state index contributed by atoms with van der Waals surface area (Å²) in [4.78, 5) is 22.6. The Morgan fingerprint density at radius 1 is 1.12 bits per heavy atom. The van der Waals surface area contributed by atoms with Gasteiger partial charge in [0.2, 0.25) is 0 Å². The maximum absolute atomic E-state index is 12.8. The molecule has 2 aromatic rings. The van der Waals surface area contributed by atoms with Crippen LogP contribution in [0.1, 0.15) is 17.3 Å². The van der Waals surface area contributed by atoms with Crippen molar-refractivity contribution in [1.29, 1.82) is 0 Å². The summed E-state index contributed by atoms with van der Waals surface area (Å²) in [5.74, 6) is -1.12. The maximum Gasteiger partial charge on any atom is 0.338 e. The van der Waals surface area contributed by atoms with Gasteiger partial charge in [-0.3, -0.25) is 9.10 Å². The lowest BCUT2D eigenvalue weighted by molar-refractivity contribution is -0.120. The molecule has 0 amide bonds. The summed E-state index contributed by atoms with van der Waals surface area (Å²) in [6, 6.07) is 12.2. The lowest BCUT2D eigenvalue weighted by Crippen LogP contribution is -2.27. The predicted octanol–water partition coefficient (Wildman–Crippen LogP) is 2.91. The van der Waals surface area contributed by atoms with Crippen LogP contribution in [0.5, 0.6) is 0 Å². The lowest BCUT2D eigenvalue weighted by atomic mass is 10.2. The summed E-state index contributed by atoms with van der Waals surface area (Å²) >= 11 is 6.03. The zero-order valence-electron chi connectivity index (χ0n) is 13.6. The van der Waals surface area contributed by atoms with Gasteiger partial charge >= 0.3 is 5.97 Å². The molecule has 0 bridgehead atoms. The van der Waals surface area contributed by atoms with E-state index in [1.165, 1.54) is 26.1 Å². The average Bonchev–Trinajstić information content (AvgIpc) is 2.59. The zero-order chi connectivity index (χ0) is 18.6. The maximum atomic E-state index is 12.8. The number of benzene rings is 2. The smallest absolute Gasteiger partial charge is 0.338 e. The molecule has 0 radical (unpaired) electrons. The van der Waals surface area contributed by atoms with E-state index in [0.717, 1.165) is 10.4 Å². The van der Waals surface area contributed by atoms with Crippen LogP contribution in [0.25, 0.3) is 0 Å². The molecule has 6 nitrogen and oxygen atoms in total. The summed E-state index contributed by atoms with van der Waals surface area (Å²) in [5.41, 5.74) is 0.439. The molecular weight excluding hydrogens is 366 g/mol. The van der Waals surface area contributed by atoms with Gasteiger partial charge in [0.05, 0.1) is 16.3 Å². The van der Waals surface area contributed by atoms with Crippen LogP contribution in [0.3, 0.4) is 0 Å². The Balaban J connectivity index is 2.39. The first kappa shape index (κ1) is 19.0. The number of anilines is 1. The van der Waals surface area contributed by atoms with E-state index in [1.807, 2.05) is 0 Å². The second-order valence-corrected chi connectivity index (χ2v) is 7.58. The van der Waals surface area contributed by atoms with Gasteiger partial charge in [-0.25, -0.2) is 13.2 Å². The van der Waals surface area contributed by atoms with Gasteiger partial charge in [-0.15, -0.1) is 0 Å². The topological polar surface area (TPSA) is 80.8 Å². The second-order valence-electron chi connectivity index (χ2n) is 5.23. The molecule has 25 heavy (non-hydrogen) atoms. The van der Waals surface area contributed by atoms with Crippen molar-refractivity contribution < 1.29 is 22.7 Å². The third-order valence-corrected chi connectivity index (χ3v) is 5.60. The van der Waals surface area contributed by atoms with Gasteiger partial charge < -0.3 is 4.74 Å². The van der Waals surface area contributed by atoms with Gasteiger partial charge in [-0.2, -0.15) is 0 Å². The molecule has 2 rings (SSSR count). The Labute approximate surface area is 151 Å². The molecule has 0 fully saturated rings. The van der Waals surface area contributed by atoms with Gasteiger partial charge in [0.1, 0.15) is 11.5 Å². The standard InChI is InChI=1S/C17H16ClNO5S/c1-12(20)11-24-17(21)13-8-9-15(18)16(10-13)25(22,23)19(2)14-6-4-3-5-7-14/h3-10H,11H2,1-2H3. The summed E-state index contributed by atoms with van der Waals surface area (Å²) in [6.45, 7) is 0.896. The van der Waals surface area contributed by atoms with E-state index in [2.05, 4.69) is 0 Å². The number of rotatable bonds is 6. The molecule has 0 atom stereocenters. The fourth-order valence-corrected chi connectivity index (χ4v) is 3.70. The number of esters is 1. The largest absolute Gasteiger partial charge is 0.454 e. The average molecular weight is 382 g/mol. The van der Waals surface area contributed by atoms with Crippen LogP contribution < -0.4 is 4.31 Å². The van der Waals surface area contributed by atoms with Crippen LogP contribution in [-0.2, 0) is 19.6 Å². The van der Waals surface area contributed by atoms with E-state index in [1.54, 1.807) is 30.3 Å². The number of carbonyl (C=O) groups excluding carboxylic acids is 2. The molecular formula is C17H16ClNO5S. The van der Waals surface area contributed by atoms with E-state index in [4.69, 9.17) is 16.3 Å². The molecule has 0 unspecified atom stereocenters. The molecule has 132 valence electrons. The van der Waals surface area contributed by atoms with Crippen LogP contribution in [-0.4, -0.2) is 33.8 Å². The van der Waals surface area contributed by atoms with Crippen molar-refractivity contribution in [1.82, 2.24) is 0 Å². The number of ketones is 1. The van der Waals surface area contributed by atoms with Crippen LogP contribution in [0.2, 0.25) is 5.02 Å². The van der Waals surface area contributed by atoms with Crippen LogP contribution in [0, 0.1) is 0 Å². The number of carbonyl (C=O) groups is 2. The van der Waals surface area contributed by atoms with Crippen molar-refractivity contribution >= 4 is 39.1 Å². The zero-order valence-corrected chi connectivity index (χ0v) is 15.2. The summed E-state index contributed by atoms with van der Waals surface area (Å²) < 4.78 is 31.5. The Kier molecular flexibility index (Phi) is 5.81. The van der Waals surface area contributed by atoms with E-state index < -0.39 is 16.0 Å². The first-order valence-corrected chi connectivity index (χ1v) is 9.05. The third kappa shape index (κ3) is 4.37. The monoisotopic (exact) mass is 381 g/mol. The van der Waals surface area contributed by atoms with Crippen LogP contribution in [0.4, 0.5) is 5.69 Å². The highest BCUT2D eigenvalue weighted by Gasteiger charge is 2.25. The third-order valence-electron chi connectivity index (χ3n) is 3.33. The summed E-state index contributed by atoms with van der Waals surface area (Å²) in [6.07, 6.45) is 0. The Morgan fingerprint density at radius 3 is 2.36 bits per heavy atom. The Bertz CT molecular complexity index is 897. The van der Waals surface area contributed by atoms with E-state index in [-0.39, 0.29) is 27.9 Å². The van der Waals surface area contributed by atoms with E-state index >= 15 is 0 Å². The molecule has 0 heterocycles. The molecule has 0 spiro atoms. The fourth-order valence-electron chi connectivity index (χ4n) is 2.00. The van der Waals surface area contributed by atoms with Crippen LogP contribution >= 0.6 is 11.6 Å². The van der Waals surface area contributed by atoms with E-state index in [0.29, 0.717) is 5.69 Å². The molecule has 0 N–H and O–H groups in total. The first-order chi connectivity index (χ1) is 11.7. The number of hydrogen-bond donors (Lipinski definition) is 0. The number of ether oxygens (including phenoxy) is 1. The van der Waals surface area contributed by atoms with Gasteiger partial charge in [0.15, 0.2) is 5.78 Å². The number of para-hydroxylation sites is 1. The van der Waals surface area contributed by atoms with Gasteiger partial charge in [0, 0.05) is 7.05 Å². The molecule has 0 aliphatic rings. The van der Waals surface area contributed by atoms with Crippen molar-refractivity contribution in [2.45, 2.75) is 11.8 Å².